The van der Waals surface area contributed by atoms with E-state index in [-0.39, 0.29) is 5.91 Å². The smallest absolute Gasteiger partial charge is 0.266 e. The topological polar surface area (TPSA) is 51.2 Å². The first-order valence-electron chi connectivity index (χ1n) is 6.96. The number of benzene rings is 1. The average molecular weight is 304 g/mol. The first-order valence-corrected chi connectivity index (χ1v) is 7.84. The molecule has 0 aliphatic carbocycles. The molecule has 1 aromatic heterocycles. The van der Waals surface area contributed by atoms with Gasteiger partial charge in [-0.25, -0.2) is 4.98 Å². The van der Waals surface area contributed by atoms with Gasteiger partial charge in [0.2, 0.25) is 0 Å². The second-order valence-electron chi connectivity index (χ2n) is 5.24. The Balaban J connectivity index is 2.04. The number of carbonyl (C=O) groups is 1. The lowest BCUT2D eigenvalue weighted by molar-refractivity contribution is -0.122. The molecule has 1 amide bonds. The fourth-order valence-corrected chi connectivity index (χ4v) is 2.62. The number of nitrogens with zero attached hydrogens (tertiary/aromatic N) is 1. The van der Waals surface area contributed by atoms with Crippen LogP contribution < -0.4 is 10.1 Å². The summed E-state index contributed by atoms with van der Waals surface area (Å²) in [6.45, 7) is 7.84. The minimum atomic E-state index is -0.575. The fourth-order valence-electron chi connectivity index (χ4n) is 1.93. The maximum Gasteiger partial charge on any atom is 0.266 e. The third-order valence-electron chi connectivity index (χ3n) is 3.06. The number of ether oxygens (including phenoxy) is 1. The van der Waals surface area contributed by atoms with E-state index in [1.165, 1.54) is 11.3 Å². The second kappa shape index (κ2) is 6.72. The molecule has 1 atom stereocenters. The number of hydrogen-bond donors (Lipinski definition) is 1. The number of thiazole rings is 1. The third kappa shape index (κ3) is 4.04. The van der Waals surface area contributed by atoms with Gasteiger partial charge in [0.1, 0.15) is 5.75 Å². The number of aryl methyl sites for hydroxylation is 1. The van der Waals surface area contributed by atoms with Crippen LogP contribution in [0.1, 0.15) is 37.9 Å². The van der Waals surface area contributed by atoms with E-state index in [1.807, 2.05) is 36.6 Å². The molecule has 1 heterocycles. The molecule has 0 unspecified atom stereocenters. The van der Waals surface area contributed by atoms with Crippen molar-refractivity contribution in [3.63, 3.8) is 0 Å². The van der Waals surface area contributed by atoms with E-state index in [0.717, 1.165) is 17.0 Å². The van der Waals surface area contributed by atoms with Crippen LogP contribution in [0.5, 0.6) is 5.75 Å². The van der Waals surface area contributed by atoms with Crippen molar-refractivity contribution in [1.82, 2.24) is 4.98 Å². The SMILES string of the molecule is Cc1csc(NC(=O)[C@H](C)Oc2ccccc2C(C)C)n1. The largest absolute Gasteiger partial charge is 0.481 e. The highest BCUT2D eigenvalue weighted by Crippen LogP contribution is 2.27. The van der Waals surface area contributed by atoms with Crippen LogP contribution >= 0.6 is 11.3 Å². The van der Waals surface area contributed by atoms with E-state index in [2.05, 4.69) is 24.1 Å². The van der Waals surface area contributed by atoms with Gasteiger partial charge in [0, 0.05) is 5.38 Å². The minimum Gasteiger partial charge on any atom is -0.481 e. The number of nitrogens with one attached hydrogen (secondary N) is 1. The molecule has 0 bridgehead atoms. The molecule has 112 valence electrons. The lowest BCUT2D eigenvalue weighted by atomic mass is 10.0. The molecule has 0 fully saturated rings. The standard InChI is InChI=1S/C16H20N2O2S/c1-10(2)13-7-5-6-8-14(13)20-12(4)15(19)18-16-17-11(3)9-21-16/h5-10,12H,1-4H3,(H,17,18,19)/t12-/m0/s1. The van der Waals surface area contributed by atoms with Gasteiger partial charge in [-0.15, -0.1) is 11.3 Å². The summed E-state index contributed by atoms with van der Waals surface area (Å²) in [5.74, 6) is 0.909. The van der Waals surface area contributed by atoms with Crippen molar-refractivity contribution in [2.75, 3.05) is 5.32 Å². The molecular formula is C16H20N2O2S. The number of carbonyl (C=O) groups excluding carboxylic acids is 1. The molecule has 1 N–H and O–H groups in total. The molecule has 4 nitrogen and oxygen atoms in total. The van der Waals surface area contributed by atoms with E-state index >= 15 is 0 Å². The summed E-state index contributed by atoms with van der Waals surface area (Å²) in [5.41, 5.74) is 2.00. The Labute approximate surface area is 129 Å². The zero-order valence-corrected chi connectivity index (χ0v) is 13.5. The molecule has 5 heteroatoms. The van der Waals surface area contributed by atoms with Crippen LogP contribution in [0.3, 0.4) is 0 Å². The predicted molar refractivity (Wildman–Crippen MR) is 86.1 cm³/mol. The number of amides is 1. The van der Waals surface area contributed by atoms with E-state index in [1.54, 1.807) is 6.92 Å². The first kappa shape index (κ1) is 15.5. The van der Waals surface area contributed by atoms with Gasteiger partial charge in [0.15, 0.2) is 11.2 Å². The van der Waals surface area contributed by atoms with Gasteiger partial charge < -0.3 is 4.74 Å². The van der Waals surface area contributed by atoms with Gasteiger partial charge in [0.05, 0.1) is 5.69 Å². The van der Waals surface area contributed by atoms with Crippen LogP contribution in [0.4, 0.5) is 5.13 Å². The van der Waals surface area contributed by atoms with Gasteiger partial charge in [0.25, 0.3) is 5.91 Å². The van der Waals surface area contributed by atoms with Crippen LogP contribution in [0.15, 0.2) is 29.6 Å². The van der Waals surface area contributed by atoms with Gasteiger partial charge >= 0.3 is 0 Å². The van der Waals surface area contributed by atoms with Crippen LogP contribution in [0.2, 0.25) is 0 Å². The number of para-hydroxylation sites is 1. The Kier molecular flexibility index (Phi) is 4.96. The molecule has 21 heavy (non-hydrogen) atoms. The van der Waals surface area contributed by atoms with Crippen molar-refractivity contribution in [1.29, 1.82) is 0 Å². The van der Waals surface area contributed by atoms with Crippen LogP contribution in [-0.2, 0) is 4.79 Å². The van der Waals surface area contributed by atoms with Crippen molar-refractivity contribution >= 4 is 22.4 Å². The van der Waals surface area contributed by atoms with E-state index in [0.29, 0.717) is 11.0 Å². The molecule has 0 aliphatic rings. The molecule has 0 saturated carbocycles. The number of aromatic nitrogens is 1. The quantitative estimate of drug-likeness (QED) is 0.909. The fraction of sp³-hybridized carbons (Fsp3) is 0.375. The zero-order chi connectivity index (χ0) is 15.4. The average Bonchev–Trinajstić information content (AvgIpc) is 2.84. The Morgan fingerprint density at radius 1 is 1.29 bits per heavy atom. The van der Waals surface area contributed by atoms with Gasteiger partial charge in [-0.2, -0.15) is 0 Å². The van der Waals surface area contributed by atoms with Crippen LogP contribution in [0.25, 0.3) is 0 Å². The monoisotopic (exact) mass is 304 g/mol. The highest BCUT2D eigenvalue weighted by atomic mass is 32.1. The van der Waals surface area contributed by atoms with Crippen LogP contribution in [-0.4, -0.2) is 17.0 Å². The molecule has 0 radical (unpaired) electrons. The van der Waals surface area contributed by atoms with Crippen molar-refractivity contribution in [2.45, 2.75) is 39.7 Å². The van der Waals surface area contributed by atoms with Gasteiger partial charge in [-0.3, -0.25) is 10.1 Å². The Hall–Kier alpha value is -1.88. The minimum absolute atomic E-state index is 0.192. The highest BCUT2D eigenvalue weighted by molar-refractivity contribution is 7.13. The summed E-state index contributed by atoms with van der Waals surface area (Å²) in [5, 5.41) is 5.27. The maximum absolute atomic E-state index is 12.1. The summed E-state index contributed by atoms with van der Waals surface area (Å²) in [6, 6.07) is 7.81. The molecule has 0 saturated heterocycles. The zero-order valence-electron chi connectivity index (χ0n) is 12.7. The third-order valence-corrected chi connectivity index (χ3v) is 3.94. The summed E-state index contributed by atoms with van der Waals surface area (Å²) in [7, 11) is 0. The van der Waals surface area contributed by atoms with Gasteiger partial charge in [-0.05, 0) is 31.4 Å². The first-order chi connectivity index (χ1) is 9.97. The van der Waals surface area contributed by atoms with Crippen molar-refractivity contribution in [3.05, 3.63) is 40.9 Å². The summed E-state index contributed by atoms with van der Waals surface area (Å²) in [4.78, 5) is 16.4. The summed E-state index contributed by atoms with van der Waals surface area (Å²) >= 11 is 1.41. The number of hydrogen-bond acceptors (Lipinski definition) is 4. The Morgan fingerprint density at radius 3 is 2.62 bits per heavy atom. The summed E-state index contributed by atoms with van der Waals surface area (Å²) in [6.07, 6.45) is -0.575. The Bertz CT molecular complexity index is 622. The lowest BCUT2D eigenvalue weighted by Gasteiger charge is -2.18. The molecule has 2 aromatic rings. The van der Waals surface area contributed by atoms with Gasteiger partial charge in [-0.1, -0.05) is 32.0 Å². The van der Waals surface area contributed by atoms with Crippen molar-refractivity contribution in [2.24, 2.45) is 0 Å². The highest BCUT2D eigenvalue weighted by Gasteiger charge is 2.18. The molecule has 1 aromatic carbocycles. The molecule has 0 spiro atoms. The molecular weight excluding hydrogens is 284 g/mol. The molecule has 2 rings (SSSR count). The maximum atomic E-state index is 12.1. The second-order valence-corrected chi connectivity index (χ2v) is 6.09. The van der Waals surface area contributed by atoms with E-state index < -0.39 is 6.10 Å². The normalized spacial score (nSPS) is 12.2. The number of anilines is 1. The Morgan fingerprint density at radius 2 is 2.00 bits per heavy atom. The van der Waals surface area contributed by atoms with Crippen molar-refractivity contribution < 1.29 is 9.53 Å². The summed E-state index contributed by atoms with van der Waals surface area (Å²) < 4.78 is 5.81. The number of rotatable bonds is 5. The lowest BCUT2D eigenvalue weighted by Crippen LogP contribution is -2.30. The van der Waals surface area contributed by atoms with Crippen LogP contribution in [0, 0.1) is 6.92 Å². The van der Waals surface area contributed by atoms with E-state index in [9.17, 15) is 4.79 Å². The predicted octanol–water partition coefficient (Wildman–Crippen LogP) is 3.98. The van der Waals surface area contributed by atoms with Crippen molar-refractivity contribution in [3.8, 4) is 5.75 Å². The van der Waals surface area contributed by atoms with E-state index in [4.69, 9.17) is 4.74 Å². The molecule has 0 aliphatic heterocycles.